The summed E-state index contributed by atoms with van der Waals surface area (Å²) in [4.78, 5) is 51.9. The first-order chi connectivity index (χ1) is 19.3. The Morgan fingerprint density at radius 2 is 1.48 bits per heavy atom. The Balaban J connectivity index is 1.27. The van der Waals surface area contributed by atoms with Gasteiger partial charge in [-0.05, 0) is 40.7 Å². The van der Waals surface area contributed by atoms with Crippen LogP contribution in [-0.2, 0) is 30.5 Å². The number of amides is 2. The standard InChI is InChI=1S/C31H30N2O7/c1-33(31(15-16-31)29(36)37)28(35)26(17-27(34)39-18-20-9-3-2-4-10-20)32-30(38)40-19-25-23-13-7-5-11-21(23)22-12-6-8-14-24(22)25/h2-14,25-26H,15-19H2,1H3,(H,32,38)(H,36,37)/t26-/m0/s1. The third kappa shape index (κ3) is 5.40. The minimum atomic E-state index is -1.36. The molecule has 2 amide bonds. The third-order valence-electron chi connectivity index (χ3n) is 7.64. The first kappa shape index (κ1) is 26.9. The molecule has 0 aliphatic heterocycles. The summed E-state index contributed by atoms with van der Waals surface area (Å²) in [5, 5.41) is 12.1. The number of fused-ring (bicyclic) bond motifs is 3. The fraction of sp³-hybridized carbons (Fsp3) is 0.290. The van der Waals surface area contributed by atoms with E-state index in [9.17, 15) is 24.3 Å². The van der Waals surface area contributed by atoms with Crippen LogP contribution in [0, 0.1) is 0 Å². The highest BCUT2D eigenvalue weighted by Gasteiger charge is 2.56. The van der Waals surface area contributed by atoms with E-state index >= 15 is 0 Å². The lowest BCUT2D eigenvalue weighted by molar-refractivity contribution is -0.153. The van der Waals surface area contributed by atoms with Gasteiger partial charge in [-0.2, -0.15) is 0 Å². The Kier molecular flexibility index (Phi) is 7.55. The number of carboxylic acid groups (broad SMARTS) is 1. The highest BCUT2D eigenvalue weighted by molar-refractivity contribution is 5.94. The molecule has 2 N–H and O–H groups in total. The van der Waals surface area contributed by atoms with Crippen molar-refractivity contribution in [3.8, 4) is 11.1 Å². The van der Waals surface area contributed by atoms with E-state index in [-0.39, 0.29) is 19.1 Å². The minimum Gasteiger partial charge on any atom is -0.479 e. The molecule has 0 heterocycles. The van der Waals surface area contributed by atoms with Gasteiger partial charge in [-0.25, -0.2) is 9.59 Å². The van der Waals surface area contributed by atoms with Crippen LogP contribution in [0.3, 0.4) is 0 Å². The van der Waals surface area contributed by atoms with E-state index in [1.54, 1.807) is 12.1 Å². The number of hydrogen-bond acceptors (Lipinski definition) is 6. The number of carbonyl (C=O) groups excluding carboxylic acids is 3. The number of rotatable bonds is 10. The summed E-state index contributed by atoms with van der Waals surface area (Å²) in [6.07, 6.45) is -0.776. The molecular weight excluding hydrogens is 512 g/mol. The maximum atomic E-state index is 13.4. The molecule has 2 aliphatic carbocycles. The van der Waals surface area contributed by atoms with Gasteiger partial charge in [0, 0.05) is 13.0 Å². The molecule has 0 bridgehead atoms. The number of nitrogens with one attached hydrogen (secondary N) is 1. The van der Waals surface area contributed by atoms with Crippen LogP contribution in [-0.4, -0.2) is 59.2 Å². The second-order valence-corrected chi connectivity index (χ2v) is 10.1. The number of nitrogens with zero attached hydrogens (tertiary/aromatic N) is 1. The third-order valence-corrected chi connectivity index (χ3v) is 7.64. The summed E-state index contributed by atoms with van der Waals surface area (Å²) >= 11 is 0. The number of carbonyl (C=O) groups is 4. The van der Waals surface area contributed by atoms with Crippen molar-refractivity contribution in [3.63, 3.8) is 0 Å². The van der Waals surface area contributed by atoms with Gasteiger partial charge in [0.1, 0.15) is 24.8 Å². The van der Waals surface area contributed by atoms with Crippen molar-refractivity contribution in [2.24, 2.45) is 0 Å². The van der Waals surface area contributed by atoms with E-state index in [1.807, 2.05) is 66.7 Å². The average Bonchev–Trinajstić information content (AvgIpc) is 3.73. The molecule has 206 valence electrons. The van der Waals surface area contributed by atoms with Crippen molar-refractivity contribution in [2.45, 2.75) is 43.4 Å². The Hall–Kier alpha value is -4.66. The lowest BCUT2D eigenvalue weighted by Crippen LogP contribution is -2.54. The first-order valence-corrected chi connectivity index (χ1v) is 13.1. The Bertz CT molecular complexity index is 1390. The maximum Gasteiger partial charge on any atom is 0.407 e. The number of esters is 1. The molecule has 3 aromatic rings. The molecular formula is C31H30N2O7. The highest BCUT2D eigenvalue weighted by Crippen LogP contribution is 2.44. The molecule has 2 aliphatic rings. The van der Waals surface area contributed by atoms with Crippen LogP contribution in [0.2, 0.25) is 0 Å². The molecule has 0 unspecified atom stereocenters. The topological polar surface area (TPSA) is 122 Å². The fourth-order valence-electron chi connectivity index (χ4n) is 5.20. The van der Waals surface area contributed by atoms with Crippen LogP contribution in [0.15, 0.2) is 78.9 Å². The number of alkyl carbamates (subject to hydrolysis) is 1. The molecule has 0 radical (unpaired) electrons. The molecule has 1 fully saturated rings. The molecule has 0 aromatic heterocycles. The van der Waals surface area contributed by atoms with E-state index in [4.69, 9.17) is 9.47 Å². The lowest BCUT2D eigenvalue weighted by Gasteiger charge is -2.29. The van der Waals surface area contributed by atoms with Crippen LogP contribution in [0.5, 0.6) is 0 Å². The van der Waals surface area contributed by atoms with Gasteiger partial charge in [0.05, 0.1) is 6.42 Å². The van der Waals surface area contributed by atoms with E-state index in [2.05, 4.69) is 5.32 Å². The van der Waals surface area contributed by atoms with Gasteiger partial charge >= 0.3 is 18.0 Å². The van der Waals surface area contributed by atoms with E-state index in [0.717, 1.165) is 32.7 Å². The van der Waals surface area contributed by atoms with Crippen LogP contribution >= 0.6 is 0 Å². The van der Waals surface area contributed by atoms with Crippen LogP contribution in [0.25, 0.3) is 11.1 Å². The number of benzene rings is 3. The van der Waals surface area contributed by atoms with Gasteiger partial charge in [0.25, 0.3) is 0 Å². The predicted molar refractivity (Wildman–Crippen MR) is 145 cm³/mol. The lowest BCUT2D eigenvalue weighted by atomic mass is 9.98. The quantitative estimate of drug-likeness (QED) is 0.370. The van der Waals surface area contributed by atoms with E-state index < -0.39 is 41.9 Å². The van der Waals surface area contributed by atoms with Gasteiger partial charge in [0.2, 0.25) is 5.91 Å². The number of likely N-dealkylation sites (N-methyl/N-ethyl adjacent to an activating group) is 1. The number of hydrogen-bond donors (Lipinski definition) is 2. The zero-order valence-electron chi connectivity index (χ0n) is 22.0. The van der Waals surface area contributed by atoms with Gasteiger partial charge in [-0.3, -0.25) is 9.59 Å². The van der Waals surface area contributed by atoms with Crippen molar-refractivity contribution in [2.75, 3.05) is 13.7 Å². The van der Waals surface area contributed by atoms with Crippen LogP contribution < -0.4 is 5.32 Å². The van der Waals surface area contributed by atoms with E-state index in [0.29, 0.717) is 12.8 Å². The Morgan fingerprint density at radius 3 is 2.05 bits per heavy atom. The fourth-order valence-corrected chi connectivity index (χ4v) is 5.20. The van der Waals surface area contributed by atoms with Crippen LogP contribution in [0.4, 0.5) is 4.79 Å². The summed E-state index contributed by atoms with van der Waals surface area (Å²) in [5.41, 5.74) is 3.64. The molecule has 40 heavy (non-hydrogen) atoms. The molecule has 3 aromatic carbocycles. The largest absolute Gasteiger partial charge is 0.479 e. The molecule has 0 saturated heterocycles. The monoisotopic (exact) mass is 542 g/mol. The van der Waals surface area contributed by atoms with E-state index in [1.165, 1.54) is 7.05 Å². The summed E-state index contributed by atoms with van der Waals surface area (Å²) in [7, 11) is 1.37. The van der Waals surface area contributed by atoms with Crippen molar-refractivity contribution < 1.29 is 33.8 Å². The Labute approximate surface area is 231 Å². The van der Waals surface area contributed by atoms with Crippen molar-refractivity contribution >= 4 is 23.9 Å². The number of aliphatic carboxylic acids is 1. The summed E-state index contributed by atoms with van der Waals surface area (Å²) < 4.78 is 10.9. The maximum absolute atomic E-state index is 13.4. The summed E-state index contributed by atoms with van der Waals surface area (Å²) in [6, 6.07) is 23.5. The first-order valence-electron chi connectivity index (χ1n) is 13.1. The SMILES string of the molecule is CN(C(=O)[C@H](CC(=O)OCc1ccccc1)NC(=O)OCC1c2ccccc2-c2ccccc21)C1(C(=O)O)CC1. The zero-order chi connectivity index (χ0) is 28.3. The highest BCUT2D eigenvalue weighted by atomic mass is 16.5. The minimum absolute atomic E-state index is 0.000427. The molecule has 1 atom stereocenters. The Morgan fingerprint density at radius 1 is 0.900 bits per heavy atom. The molecule has 1 saturated carbocycles. The van der Waals surface area contributed by atoms with Gasteiger partial charge in [-0.15, -0.1) is 0 Å². The normalized spacial score (nSPS) is 15.2. The summed E-state index contributed by atoms with van der Waals surface area (Å²) in [5.74, 6) is -2.73. The zero-order valence-corrected chi connectivity index (χ0v) is 22.0. The van der Waals surface area contributed by atoms with Gasteiger partial charge in [0.15, 0.2) is 0 Å². The molecule has 9 heteroatoms. The van der Waals surface area contributed by atoms with Gasteiger partial charge in [-0.1, -0.05) is 78.9 Å². The number of carboxylic acids is 1. The average molecular weight is 543 g/mol. The van der Waals surface area contributed by atoms with Crippen LogP contribution in [0.1, 0.15) is 41.9 Å². The second-order valence-electron chi connectivity index (χ2n) is 10.1. The predicted octanol–water partition coefficient (Wildman–Crippen LogP) is 4.10. The van der Waals surface area contributed by atoms with Crippen molar-refractivity contribution in [1.29, 1.82) is 0 Å². The van der Waals surface area contributed by atoms with Crippen molar-refractivity contribution in [3.05, 3.63) is 95.6 Å². The van der Waals surface area contributed by atoms with Crippen molar-refractivity contribution in [1.82, 2.24) is 10.2 Å². The number of ether oxygens (including phenoxy) is 2. The molecule has 0 spiro atoms. The molecule has 9 nitrogen and oxygen atoms in total. The summed E-state index contributed by atoms with van der Waals surface area (Å²) in [6.45, 7) is 0.0224. The second kappa shape index (κ2) is 11.2. The molecule has 5 rings (SSSR count). The van der Waals surface area contributed by atoms with Gasteiger partial charge < -0.3 is 24.8 Å². The smallest absolute Gasteiger partial charge is 0.407 e.